The molecule has 2 fully saturated rings. The average Bonchev–Trinajstić information content (AvgIpc) is 2.83. The maximum atomic E-state index is 12.3. The largest absolute Gasteiger partial charge is 0.483 e. The molecule has 0 radical (unpaired) electrons. The number of anilines is 1. The van der Waals surface area contributed by atoms with Gasteiger partial charge >= 0.3 is 6.09 Å². The lowest BCUT2D eigenvalue weighted by Crippen LogP contribution is -2.64. The number of amides is 1. The summed E-state index contributed by atoms with van der Waals surface area (Å²) in [5, 5.41) is 11.0. The highest BCUT2D eigenvalue weighted by atomic mass is 16.6. The molecule has 3 unspecified atom stereocenters. The molecule has 1 saturated carbocycles. The fourth-order valence-electron chi connectivity index (χ4n) is 3.83. The van der Waals surface area contributed by atoms with Crippen molar-refractivity contribution < 1.29 is 19.2 Å². The molecule has 2 heterocycles. The Morgan fingerprint density at radius 3 is 2.90 bits per heavy atom. The highest BCUT2D eigenvalue weighted by Crippen LogP contribution is 2.58. The molecule has 3 aliphatic rings. The van der Waals surface area contributed by atoms with E-state index in [1.54, 1.807) is 6.07 Å². The van der Waals surface area contributed by atoms with Gasteiger partial charge < -0.3 is 9.47 Å². The Balaban J connectivity index is 1.96. The second kappa shape index (κ2) is 3.47. The van der Waals surface area contributed by atoms with Crippen molar-refractivity contribution in [3.8, 4) is 5.75 Å². The molecule has 7 nitrogen and oxygen atoms in total. The zero-order chi connectivity index (χ0) is 15.0. The van der Waals surface area contributed by atoms with Gasteiger partial charge in [-0.1, -0.05) is 0 Å². The molecule has 1 aliphatic carbocycles. The van der Waals surface area contributed by atoms with Crippen molar-refractivity contribution >= 4 is 17.5 Å². The summed E-state index contributed by atoms with van der Waals surface area (Å²) in [5.74, 6) is 0.486. The minimum atomic E-state index is -0.633. The van der Waals surface area contributed by atoms with Gasteiger partial charge in [-0.2, -0.15) is 0 Å². The van der Waals surface area contributed by atoms with Crippen molar-refractivity contribution in [1.29, 1.82) is 0 Å². The quantitative estimate of drug-likeness (QED) is 0.586. The molecule has 0 aromatic heterocycles. The number of non-ortho nitro benzene ring substituents is 1. The average molecular weight is 290 g/mol. The summed E-state index contributed by atoms with van der Waals surface area (Å²) >= 11 is 0. The predicted molar refractivity (Wildman–Crippen MR) is 72.5 cm³/mol. The van der Waals surface area contributed by atoms with Crippen molar-refractivity contribution in [3.05, 3.63) is 28.3 Å². The van der Waals surface area contributed by atoms with E-state index < -0.39 is 22.2 Å². The zero-order valence-corrected chi connectivity index (χ0v) is 11.7. The van der Waals surface area contributed by atoms with Crippen LogP contribution in [0.15, 0.2) is 18.2 Å². The number of nitrogens with zero attached hydrogens (tertiary/aromatic N) is 2. The topological polar surface area (TPSA) is 81.9 Å². The monoisotopic (exact) mass is 290 g/mol. The van der Waals surface area contributed by atoms with Gasteiger partial charge in [-0.05, 0) is 32.8 Å². The van der Waals surface area contributed by atoms with Crippen LogP contribution in [0, 0.1) is 10.1 Å². The van der Waals surface area contributed by atoms with E-state index in [4.69, 9.17) is 9.47 Å². The first kappa shape index (κ1) is 12.4. The number of fused-ring (bicyclic) bond motifs is 2. The van der Waals surface area contributed by atoms with Crippen LogP contribution in [0.4, 0.5) is 16.2 Å². The summed E-state index contributed by atoms with van der Waals surface area (Å²) in [6.07, 6.45) is 0.792. The standard InChI is InChI=1S/C14H14N2O5/c1-13-6-5-11-14(13,2)15(12(17)20-11)9-7-8(16(18)19)3-4-10(9)21-13/h3-4,7,11H,5-6H2,1-2H3. The molecule has 0 bridgehead atoms. The lowest BCUT2D eigenvalue weighted by atomic mass is 9.81. The Morgan fingerprint density at radius 2 is 2.19 bits per heavy atom. The Hall–Kier alpha value is -2.31. The van der Waals surface area contributed by atoms with Gasteiger partial charge in [0.2, 0.25) is 0 Å². The van der Waals surface area contributed by atoms with Crippen molar-refractivity contribution in [2.24, 2.45) is 0 Å². The lowest BCUT2D eigenvalue weighted by molar-refractivity contribution is -0.384. The molecule has 3 atom stereocenters. The van der Waals surface area contributed by atoms with Crippen LogP contribution < -0.4 is 9.64 Å². The molecule has 4 rings (SSSR count). The van der Waals surface area contributed by atoms with Crippen LogP contribution in [0.25, 0.3) is 0 Å². The summed E-state index contributed by atoms with van der Waals surface area (Å²) < 4.78 is 11.6. The third kappa shape index (κ3) is 1.26. The first-order chi connectivity index (χ1) is 9.87. The molecule has 7 heteroatoms. The van der Waals surface area contributed by atoms with Crippen molar-refractivity contribution in [1.82, 2.24) is 0 Å². The third-order valence-corrected chi connectivity index (χ3v) is 5.20. The van der Waals surface area contributed by atoms with Crippen molar-refractivity contribution in [2.45, 2.75) is 43.9 Å². The normalized spacial score (nSPS) is 35.8. The minimum absolute atomic E-state index is 0.0706. The Kier molecular flexibility index (Phi) is 2.05. The van der Waals surface area contributed by atoms with Gasteiger partial charge in [-0.3, -0.25) is 15.0 Å². The molecule has 1 aromatic rings. The van der Waals surface area contributed by atoms with Crippen LogP contribution in [0.5, 0.6) is 5.75 Å². The van der Waals surface area contributed by atoms with Gasteiger partial charge in [-0.25, -0.2) is 4.79 Å². The van der Waals surface area contributed by atoms with Crippen molar-refractivity contribution in [2.75, 3.05) is 4.90 Å². The number of hydrogen-bond donors (Lipinski definition) is 0. The number of nitro groups is 1. The molecular weight excluding hydrogens is 276 g/mol. The van der Waals surface area contributed by atoms with Gasteiger partial charge in [0.05, 0.1) is 10.6 Å². The van der Waals surface area contributed by atoms with Crippen LogP contribution in [0.3, 0.4) is 0 Å². The van der Waals surface area contributed by atoms with Gasteiger partial charge in [-0.15, -0.1) is 0 Å². The number of benzene rings is 1. The summed E-state index contributed by atoms with van der Waals surface area (Å²) in [7, 11) is 0. The number of carbonyl (C=O) groups excluding carboxylic acids is 1. The summed E-state index contributed by atoms with van der Waals surface area (Å²) in [6.45, 7) is 3.89. The molecular formula is C14H14N2O5. The van der Waals surface area contributed by atoms with E-state index in [1.807, 2.05) is 13.8 Å². The van der Waals surface area contributed by atoms with Gasteiger partial charge in [0.15, 0.2) is 0 Å². The number of rotatable bonds is 1. The Bertz CT molecular complexity index is 690. The zero-order valence-electron chi connectivity index (χ0n) is 11.7. The fraction of sp³-hybridized carbons (Fsp3) is 0.500. The van der Waals surface area contributed by atoms with Crippen LogP contribution in [0.2, 0.25) is 0 Å². The number of carbonyl (C=O) groups is 1. The first-order valence-electron chi connectivity index (χ1n) is 6.85. The number of ether oxygens (including phenoxy) is 2. The SMILES string of the molecule is CC12CCC3OC(=O)N(c4cc([N+](=O)[O-])ccc4O1)C32C. The molecule has 21 heavy (non-hydrogen) atoms. The highest BCUT2D eigenvalue weighted by Gasteiger charge is 2.69. The Morgan fingerprint density at radius 1 is 1.43 bits per heavy atom. The van der Waals surface area contributed by atoms with Gasteiger partial charge in [0.1, 0.15) is 23.0 Å². The molecule has 110 valence electrons. The van der Waals surface area contributed by atoms with Crippen LogP contribution >= 0.6 is 0 Å². The molecule has 0 N–H and O–H groups in total. The number of hydrogen-bond acceptors (Lipinski definition) is 5. The predicted octanol–water partition coefficient (Wildman–Crippen LogP) is 2.62. The van der Waals surface area contributed by atoms with Crippen LogP contribution in [-0.2, 0) is 4.74 Å². The molecule has 1 aromatic carbocycles. The first-order valence-corrected chi connectivity index (χ1v) is 6.85. The van der Waals surface area contributed by atoms with E-state index in [9.17, 15) is 14.9 Å². The summed E-state index contributed by atoms with van der Waals surface area (Å²) in [5.41, 5.74) is -0.836. The molecule has 1 amide bonds. The van der Waals surface area contributed by atoms with E-state index in [0.29, 0.717) is 11.4 Å². The van der Waals surface area contributed by atoms with E-state index in [1.165, 1.54) is 17.0 Å². The van der Waals surface area contributed by atoms with Crippen molar-refractivity contribution in [3.63, 3.8) is 0 Å². The van der Waals surface area contributed by atoms with Crippen LogP contribution in [-0.4, -0.2) is 28.3 Å². The van der Waals surface area contributed by atoms with E-state index >= 15 is 0 Å². The lowest BCUT2D eigenvalue weighted by Gasteiger charge is -2.48. The minimum Gasteiger partial charge on any atom is -0.483 e. The van der Waals surface area contributed by atoms with Crippen LogP contribution in [0.1, 0.15) is 26.7 Å². The maximum absolute atomic E-state index is 12.3. The number of nitro benzene ring substituents is 1. The van der Waals surface area contributed by atoms with E-state index in [-0.39, 0.29) is 11.8 Å². The summed E-state index contributed by atoms with van der Waals surface area (Å²) in [4.78, 5) is 24.3. The van der Waals surface area contributed by atoms with Gasteiger partial charge in [0, 0.05) is 12.1 Å². The maximum Gasteiger partial charge on any atom is 0.415 e. The smallest absolute Gasteiger partial charge is 0.415 e. The second-order valence-electron chi connectivity index (χ2n) is 6.14. The second-order valence-corrected chi connectivity index (χ2v) is 6.14. The fourth-order valence-corrected chi connectivity index (χ4v) is 3.83. The molecule has 0 spiro atoms. The summed E-state index contributed by atoms with van der Waals surface area (Å²) in [6, 6.07) is 4.32. The Labute approximate surface area is 120 Å². The molecule has 2 aliphatic heterocycles. The third-order valence-electron chi connectivity index (χ3n) is 5.20. The van der Waals surface area contributed by atoms with Gasteiger partial charge in [0.25, 0.3) is 5.69 Å². The van der Waals surface area contributed by atoms with E-state index in [2.05, 4.69) is 0 Å². The highest BCUT2D eigenvalue weighted by molar-refractivity contribution is 5.96. The molecule has 1 saturated heterocycles. The van der Waals surface area contributed by atoms with E-state index in [0.717, 1.165) is 12.8 Å².